The van der Waals surface area contributed by atoms with Crippen molar-refractivity contribution in [2.45, 2.75) is 0 Å². The molecule has 7 heteroatoms. The number of anilines is 2. The Hall–Kier alpha value is -1.82. The minimum Gasteiger partial charge on any atom is -0.325 e. The zero-order chi connectivity index (χ0) is 14.8. The van der Waals surface area contributed by atoms with Crippen LogP contribution in [-0.4, -0.2) is 8.94 Å². The van der Waals surface area contributed by atoms with E-state index in [0.29, 0.717) is 20.8 Å². The number of hydrogen-bond acceptors (Lipinski definition) is 4. The van der Waals surface area contributed by atoms with E-state index in [1.165, 1.54) is 0 Å². The van der Waals surface area contributed by atoms with Crippen LogP contribution in [0.15, 0.2) is 48.5 Å². The number of hydrogen-bond donors (Lipinski definition) is 2. The largest absolute Gasteiger partial charge is 0.325 e. The molecule has 1 aromatic heterocycles. The van der Waals surface area contributed by atoms with E-state index in [4.69, 9.17) is 28.6 Å². The summed E-state index contributed by atoms with van der Waals surface area (Å²) in [5.41, 5.74) is 1.68. The molecule has 0 amide bonds. The third-order valence-electron chi connectivity index (χ3n) is 2.82. The predicted molar refractivity (Wildman–Crippen MR) is 87.0 cm³/mol. The molecule has 0 bridgehead atoms. The zero-order valence-electron chi connectivity index (χ0n) is 10.7. The molecule has 0 aliphatic rings. The molecule has 0 atom stereocenters. The van der Waals surface area contributed by atoms with Crippen molar-refractivity contribution in [1.29, 1.82) is 5.41 Å². The van der Waals surface area contributed by atoms with Crippen LogP contribution in [0.3, 0.4) is 0 Å². The lowest BCUT2D eigenvalue weighted by Crippen LogP contribution is -2.13. The highest BCUT2D eigenvalue weighted by molar-refractivity contribution is 7.03. The Kier molecular flexibility index (Phi) is 3.96. The molecule has 2 aromatic carbocycles. The van der Waals surface area contributed by atoms with E-state index in [9.17, 15) is 0 Å². The number of nitrogens with zero attached hydrogens (tertiary/aromatic N) is 2. The molecule has 3 rings (SSSR count). The molecule has 0 aliphatic heterocycles. The number of aromatic nitrogens is 2. The Bertz CT molecular complexity index is 806. The lowest BCUT2D eigenvalue weighted by molar-refractivity contribution is 0.973. The van der Waals surface area contributed by atoms with Gasteiger partial charge in [-0.2, -0.15) is 4.37 Å². The first-order valence-corrected chi connectivity index (χ1v) is 7.58. The van der Waals surface area contributed by atoms with E-state index in [-0.39, 0.29) is 0 Å². The summed E-state index contributed by atoms with van der Waals surface area (Å²) >= 11 is 12.9. The fraction of sp³-hybridized carbons (Fsp3) is 0. The van der Waals surface area contributed by atoms with Crippen molar-refractivity contribution in [3.8, 4) is 5.69 Å². The highest BCUT2D eigenvalue weighted by Crippen LogP contribution is 2.21. The Morgan fingerprint density at radius 3 is 2.14 bits per heavy atom. The zero-order valence-corrected chi connectivity index (χ0v) is 13.0. The molecule has 0 fully saturated rings. The van der Waals surface area contributed by atoms with Gasteiger partial charge >= 0.3 is 0 Å². The van der Waals surface area contributed by atoms with E-state index in [2.05, 4.69) is 9.69 Å². The van der Waals surface area contributed by atoms with Gasteiger partial charge in [-0.15, -0.1) is 0 Å². The van der Waals surface area contributed by atoms with Gasteiger partial charge in [0.1, 0.15) is 0 Å². The lowest BCUT2D eigenvalue weighted by Gasteiger charge is -2.09. The topological polar surface area (TPSA) is 53.7 Å². The van der Waals surface area contributed by atoms with E-state index in [1.54, 1.807) is 28.8 Å². The van der Waals surface area contributed by atoms with Gasteiger partial charge < -0.3 is 5.32 Å². The van der Waals surface area contributed by atoms with Crippen molar-refractivity contribution in [2.75, 3.05) is 5.32 Å². The second kappa shape index (κ2) is 5.89. The van der Waals surface area contributed by atoms with Crippen molar-refractivity contribution >= 4 is 46.4 Å². The first-order chi connectivity index (χ1) is 10.1. The first kappa shape index (κ1) is 14.1. The van der Waals surface area contributed by atoms with Gasteiger partial charge in [-0.1, -0.05) is 23.2 Å². The molecule has 0 saturated heterocycles. The van der Waals surface area contributed by atoms with Crippen LogP contribution >= 0.6 is 34.7 Å². The molecule has 0 saturated carbocycles. The van der Waals surface area contributed by atoms with E-state index in [1.807, 2.05) is 24.3 Å². The summed E-state index contributed by atoms with van der Waals surface area (Å²) < 4.78 is 5.99. The number of nitrogens with one attached hydrogen (secondary N) is 2. The third kappa shape index (κ3) is 3.10. The summed E-state index contributed by atoms with van der Waals surface area (Å²) in [6.45, 7) is 0. The molecular weight excluding hydrogens is 327 g/mol. The Balaban J connectivity index is 1.99. The van der Waals surface area contributed by atoms with Gasteiger partial charge in [0.05, 0.1) is 5.69 Å². The lowest BCUT2D eigenvalue weighted by atomic mass is 10.3. The van der Waals surface area contributed by atoms with Gasteiger partial charge in [-0.3, -0.25) is 9.98 Å². The molecule has 4 nitrogen and oxygen atoms in total. The van der Waals surface area contributed by atoms with Crippen LogP contribution in [0, 0.1) is 5.41 Å². The second-order valence-electron chi connectivity index (χ2n) is 4.26. The van der Waals surface area contributed by atoms with Crippen LogP contribution in [-0.2, 0) is 0 Å². The Labute approximate surface area is 135 Å². The number of halogens is 2. The van der Waals surface area contributed by atoms with Crippen LogP contribution in [0.1, 0.15) is 0 Å². The molecule has 0 aliphatic carbocycles. The molecule has 106 valence electrons. The average Bonchev–Trinajstić information content (AvgIpc) is 2.83. The minimum absolute atomic E-state index is 0.328. The van der Waals surface area contributed by atoms with Crippen LogP contribution in [0.25, 0.3) is 5.69 Å². The van der Waals surface area contributed by atoms with Crippen molar-refractivity contribution in [1.82, 2.24) is 8.94 Å². The summed E-state index contributed by atoms with van der Waals surface area (Å²) in [6.07, 6.45) is 0. The molecular formula is C14H10Cl2N4S. The standard InChI is InChI=1S/C14H10Cl2N4S/c15-9-1-5-11(6-2-9)18-14-19-21-13(17)20(14)12-7-3-10(16)4-8-12/h1-8,17H,(H,18,19). The van der Waals surface area contributed by atoms with Crippen molar-refractivity contribution in [3.63, 3.8) is 0 Å². The summed E-state index contributed by atoms with van der Waals surface area (Å²) in [4.78, 5) is 0.328. The summed E-state index contributed by atoms with van der Waals surface area (Å²) in [5.74, 6) is 0.578. The first-order valence-electron chi connectivity index (χ1n) is 6.05. The normalized spacial score (nSPS) is 10.6. The van der Waals surface area contributed by atoms with E-state index in [0.717, 1.165) is 22.9 Å². The number of rotatable bonds is 3. The summed E-state index contributed by atoms with van der Waals surface area (Å²) in [5, 5.41) is 12.5. The minimum atomic E-state index is 0.328. The maximum absolute atomic E-state index is 8.01. The molecule has 1 heterocycles. The fourth-order valence-electron chi connectivity index (χ4n) is 1.84. The van der Waals surface area contributed by atoms with Gasteiger partial charge in [-0.05, 0) is 48.5 Å². The molecule has 21 heavy (non-hydrogen) atoms. The Morgan fingerprint density at radius 2 is 1.52 bits per heavy atom. The molecule has 0 unspecified atom stereocenters. The third-order valence-corrected chi connectivity index (χ3v) is 3.94. The van der Waals surface area contributed by atoms with Gasteiger partial charge in [-0.25, -0.2) is 0 Å². The van der Waals surface area contributed by atoms with Crippen molar-refractivity contribution < 1.29 is 0 Å². The fourth-order valence-corrected chi connectivity index (χ4v) is 2.66. The maximum atomic E-state index is 8.01. The van der Waals surface area contributed by atoms with Gasteiger partial charge in [0.2, 0.25) is 10.7 Å². The number of benzene rings is 2. The molecule has 0 radical (unpaired) electrons. The monoisotopic (exact) mass is 336 g/mol. The molecule has 0 spiro atoms. The van der Waals surface area contributed by atoms with Crippen LogP contribution < -0.4 is 10.1 Å². The van der Waals surface area contributed by atoms with Crippen LogP contribution in [0.2, 0.25) is 10.0 Å². The van der Waals surface area contributed by atoms with Gasteiger partial charge in [0, 0.05) is 27.3 Å². The highest BCUT2D eigenvalue weighted by atomic mass is 35.5. The smallest absolute Gasteiger partial charge is 0.225 e. The van der Waals surface area contributed by atoms with Crippen molar-refractivity contribution in [3.05, 3.63) is 63.4 Å². The van der Waals surface area contributed by atoms with Crippen LogP contribution in [0.4, 0.5) is 11.6 Å². The summed E-state index contributed by atoms with van der Waals surface area (Å²) in [7, 11) is 0. The molecule has 2 N–H and O–H groups in total. The van der Waals surface area contributed by atoms with Crippen LogP contribution in [0.5, 0.6) is 0 Å². The SMILES string of the molecule is N=c1snc(Nc2ccc(Cl)cc2)n1-c1ccc(Cl)cc1. The van der Waals surface area contributed by atoms with E-state index >= 15 is 0 Å². The maximum Gasteiger partial charge on any atom is 0.225 e. The van der Waals surface area contributed by atoms with Gasteiger partial charge in [0.15, 0.2) is 0 Å². The summed E-state index contributed by atoms with van der Waals surface area (Å²) in [6, 6.07) is 14.6. The van der Waals surface area contributed by atoms with Crippen molar-refractivity contribution in [2.24, 2.45) is 0 Å². The van der Waals surface area contributed by atoms with E-state index < -0.39 is 0 Å². The molecule has 3 aromatic rings. The quantitative estimate of drug-likeness (QED) is 0.741. The highest BCUT2D eigenvalue weighted by Gasteiger charge is 2.09. The Morgan fingerprint density at radius 1 is 0.952 bits per heavy atom. The second-order valence-corrected chi connectivity index (χ2v) is 5.88. The predicted octanol–water partition coefficient (Wildman–Crippen LogP) is 4.46. The van der Waals surface area contributed by atoms with Gasteiger partial charge in [0.25, 0.3) is 0 Å². The average molecular weight is 337 g/mol.